The van der Waals surface area contributed by atoms with E-state index < -0.39 is 23.9 Å². The van der Waals surface area contributed by atoms with Crippen LogP contribution in [0.3, 0.4) is 0 Å². The predicted octanol–water partition coefficient (Wildman–Crippen LogP) is 1.62. The number of hydrogen-bond donors (Lipinski definition) is 2. The SMILES string of the molecule is COC(=O)c1cc(NC(=O)N2CCNC(=O)[C@@H]2C)cc(Cl)c1F. The van der Waals surface area contributed by atoms with Gasteiger partial charge < -0.3 is 20.3 Å². The number of amides is 3. The van der Waals surface area contributed by atoms with E-state index in [1.807, 2.05) is 0 Å². The highest BCUT2D eigenvalue weighted by Crippen LogP contribution is 2.25. The molecule has 0 spiro atoms. The lowest BCUT2D eigenvalue weighted by Gasteiger charge is -2.32. The van der Waals surface area contributed by atoms with E-state index in [1.54, 1.807) is 6.92 Å². The molecule has 0 aliphatic carbocycles. The zero-order valence-electron chi connectivity index (χ0n) is 12.5. The van der Waals surface area contributed by atoms with Crippen molar-refractivity contribution in [3.05, 3.63) is 28.5 Å². The van der Waals surface area contributed by atoms with Crippen LogP contribution in [0.4, 0.5) is 14.9 Å². The number of ether oxygens (including phenoxy) is 1. The second kappa shape index (κ2) is 6.82. The average Bonchev–Trinajstić information content (AvgIpc) is 2.52. The molecule has 0 aromatic heterocycles. The Morgan fingerprint density at radius 3 is 2.83 bits per heavy atom. The van der Waals surface area contributed by atoms with Gasteiger partial charge in [0.05, 0.1) is 17.7 Å². The second-order valence-electron chi connectivity index (χ2n) is 4.90. The fourth-order valence-corrected chi connectivity index (χ4v) is 2.39. The van der Waals surface area contributed by atoms with E-state index in [-0.39, 0.29) is 22.2 Å². The molecule has 9 heteroatoms. The lowest BCUT2D eigenvalue weighted by Crippen LogP contribution is -2.56. The molecule has 23 heavy (non-hydrogen) atoms. The van der Waals surface area contributed by atoms with Crippen LogP contribution in [0.2, 0.25) is 5.02 Å². The normalized spacial score (nSPS) is 17.5. The highest BCUT2D eigenvalue weighted by atomic mass is 35.5. The molecular weight excluding hydrogens is 329 g/mol. The van der Waals surface area contributed by atoms with E-state index in [4.69, 9.17) is 11.6 Å². The first-order chi connectivity index (χ1) is 10.8. The average molecular weight is 344 g/mol. The van der Waals surface area contributed by atoms with Crippen molar-refractivity contribution in [3.8, 4) is 0 Å². The maximum absolute atomic E-state index is 13.8. The fraction of sp³-hybridized carbons (Fsp3) is 0.357. The summed E-state index contributed by atoms with van der Waals surface area (Å²) in [6, 6.07) is 1.11. The summed E-state index contributed by atoms with van der Waals surface area (Å²) in [7, 11) is 1.11. The van der Waals surface area contributed by atoms with Gasteiger partial charge in [-0.05, 0) is 19.1 Å². The van der Waals surface area contributed by atoms with Crippen molar-refractivity contribution < 1.29 is 23.5 Å². The Hall–Kier alpha value is -2.35. The van der Waals surface area contributed by atoms with Crippen molar-refractivity contribution in [2.75, 3.05) is 25.5 Å². The predicted molar refractivity (Wildman–Crippen MR) is 80.9 cm³/mol. The molecule has 2 rings (SSSR count). The molecule has 1 heterocycles. The minimum Gasteiger partial charge on any atom is -0.465 e. The molecule has 1 fully saturated rings. The van der Waals surface area contributed by atoms with Crippen LogP contribution < -0.4 is 10.6 Å². The third-order valence-electron chi connectivity index (χ3n) is 3.44. The van der Waals surface area contributed by atoms with Gasteiger partial charge in [-0.15, -0.1) is 0 Å². The Morgan fingerprint density at radius 2 is 2.17 bits per heavy atom. The number of anilines is 1. The van der Waals surface area contributed by atoms with Crippen molar-refractivity contribution in [2.24, 2.45) is 0 Å². The van der Waals surface area contributed by atoms with Gasteiger partial charge in [0.2, 0.25) is 5.91 Å². The molecule has 7 nitrogen and oxygen atoms in total. The van der Waals surface area contributed by atoms with Gasteiger partial charge in [0.1, 0.15) is 6.04 Å². The number of esters is 1. The van der Waals surface area contributed by atoms with Crippen LogP contribution in [-0.2, 0) is 9.53 Å². The number of methoxy groups -OCH3 is 1. The molecular formula is C14H15ClFN3O4. The third kappa shape index (κ3) is 3.53. The van der Waals surface area contributed by atoms with E-state index in [2.05, 4.69) is 15.4 Å². The van der Waals surface area contributed by atoms with Crippen LogP contribution in [0.5, 0.6) is 0 Å². The number of halogens is 2. The van der Waals surface area contributed by atoms with Crippen molar-refractivity contribution in [3.63, 3.8) is 0 Å². The number of nitrogens with one attached hydrogen (secondary N) is 2. The maximum atomic E-state index is 13.8. The lowest BCUT2D eigenvalue weighted by atomic mass is 10.2. The van der Waals surface area contributed by atoms with Crippen molar-refractivity contribution in [1.29, 1.82) is 0 Å². The Bertz CT molecular complexity index is 668. The van der Waals surface area contributed by atoms with E-state index in [0.29, 0.717) is 13.1 Å². The van der Waals surface area contributed by atoms with Crippen molar-refractivity contribution >= 4 is 35.2 Å². The van der Waals surface area contributed by atoms with Gasteiger partial charge in [0.15, 0.2) is 5.82 Å². The molecule has 2 N–H and O–H groups in total. The molecule has 1 aliphatic heterocycles. The summed E-state index contributed by atoms with van der Waals surface area (Å²) in [5, 5.41) is 4.81. The van der Waals surface area contributed by atoms with Crippen LogP contribution in [0.15, 0.2) is 12.1 Å². The minimum atomic E-state index is -0.928. The van der Waals surface area contributed by atoms with Crippen molar-refractivity contribution in [1.82, 2.24) is 10.2 Å². The highest BCUT2D eigenvalue weighted by molar-refractivity contribution is 6.31. The first-order valence-corrected chi connectivity index (χ1v) is 7.15. The number of carbonyl (C=O) groups is 3. The minimum absolute atomic E-state index is 0.125. The number of hydrogen-bond acceptors (Lipinski definition) is 4. The zero-order valence-corrected chi connectivity index (χ0v) is 13.2. The molecule has 0 saturated carbocycles. The van der Waals surface area contributed by atoms with E-state index in [9.17, 15) is 18.8 Å². The van der Waals surface area contributed by atoms with Crippen molar-refractivity contribution in [2.45, 2.75) is 13.0 Å². The molecule has 1 atom stereocenters. The van der Waals surface area contributed by atoms with E-state index >= 15 is 0 Å². The molecule has 1 saturated heterocycles. The number of carbonyl (C=O) groups excluding carboxylic acids is 3. The number of nitrogens with zero attached hydrogens (tertiary/aromatic N) is 1. The van der Waals surface area contributed by atoms with Crippen LogP contribution in [0, 0.1) is 5.82 Å². The summed E-state index contributed by atoms with van der Waals surface area (Å²) in [5.74, 6) is -2.10. The maximum Gasteiger partial charge on any atom is 0.340 e. The standard InChI is InChI=1S/C14H15ClFN3O4/c1-7-12(20)17-3-4-19(7)14(22)18-8-5-9(13(21)23-2)11(16)10(15)6-8/h5-7H,3-4H2,1-2H3,(H,17,20)(H,18,22)/t7-/m0/s1. The molecule has 1 aliphatic rings. The molecule has 1 aromatic carbocycles. The van der Waals surface area contributed by atoms with Crippen LogP contribution in [0.25, 0.3) is 0 Å². The summed E-state index contributed by atoms with van der Waals surface area (Å²) in [5.41, 5.74) is -0.264. The van der Waals surface area contributed by atoms with Gasteiger partial charge in [0.25, 0.3) is 0 Å². The van der Waals surface area contributed by atoms with Crippen LogP contribution in [0.1, 0.15) is 17.3 Å². The Kier molecular flexibility index (Phi) is 5.05. The zero-order chi connectivity index (χ0) is 17.1. The summed E-state index contributed by atoms with van der Waals surface area (Å²) in [6.45, 7) is 2.26. The van der Waals surface area contributed by atoms with Gasteiger partial charge in [-0.2, -0.15) is 0 Å². The summed E-state index contributed by atoms with van der Waals surface area (Å²) < 4.78 is 18.3. The van der Waals surface area contributed by atoms with Gasteiger partial charge >= 0.3 is 12.0 Å². The smallest absolute Gasteiger partial charge is 0.340 e. The summed E-state index contributed by atoms with van der Waals surface area (Å²) >= 11 is 5.73. The van der Waals surface area contributed by atoms with Crippen LogP contribution in [-0.4, -0.2) is 49.0 Å². The third-order valence-corrected chi connectivity index (χ3v) is 3.72. The Balaban J connectivity index is 2.22. The first-order valence-electron chi connectivity index (χ1n) is 6.78. The van der Waals surface area contributed by atoms with Gasteiger partial charge in [-0.25, -0.2) is 14.0 Å². The van der Waals surface area contributed by atoms with E-state index in [1.165, 1.54) is 11.0 Å². The monoisotopic (exact) mass is 343 g/mol. The van der Waals surface area contributed by atoms with Gasteiger partial charge in [-0.3, -0.25) is 4.79 Å². The largest absolute Gasteiger partial charge is 0.465 e. The van der Waals surface area contributed by atoms with E-state index in [0.717, 1.165) is 13.2 Å². The Labute approximate surface area is 136 Å². The van der Waals surface area contributed by atoms with Gasteiger partial charge in [-0.1, -0.05) is 11.6 Å². The molecule has 0 unspecified atom stereocenters. The molecule has 0 radical (unpaired) electrons. The highest BCUT2D eigenvalue weighted by Gasteiger charge is 2.29. The first kappa shape index (κ1) is 17.0. The second-order valence-corrected chi connectivity index (χ2v) is 5.31. The Morgan fingerprint density at radius 1 is 1.48 bits per heavy atom. The number of benzene rings is 1. The number of rotatable bonds is 2. The molecule has 3 amide bonds. The number of urea groups is 1. The summed E-state index contributed by atoms with van der Waals surface area (Å²) in [4.78, 5) is 36.7. The van der Waals surface area contributed by atoms with Gasteiger partial charge in [0, 0.05) is 18.8 Å². The summed E-state index contributed by atoms with van der Waals surface area (Å²) in [6.07, 6.45) is 0. The number of piperazine rings is 1. The molecule has 124 valence electrons. The molecule has 0 bridgehead atoms. The van der Waals surface area contributed by atoms with Crippen LogP contribution >= 0.6 is 11.6 Å². The lowest BCUT2D eigenvalue weighted by molar-refractivity contribution is -0.126. The topological polar surface area (TPSA) is 87.7 Å². The quantitative estimate of drug-likeness (QED) is 0.799. The molecule has 1 aromatic rings. The fourth-order valence-electron chi connectivity index (χ4n) is 2.17.